The molecule has 0 spiro atoms. The molecular weight excluding hydrogens is 579 g/mol. The molecule has 1 aliphatic rings. The van der Waals surface area contributed by atoms with Crippen LogP contribution in [-0.2, 0) is 19.5 Å². The first kappa shape index (κ1) is 27.8. The van der Waals surface area contributed by atoms with Crippen molar-refractivity contribution >= 4 is 28.3 Å². The first-order chi connectivity index (χ1) is 21.5. The van der Waals surface area contributed by atoms with Crippen LogP contribution in [0.5, 0.6) is 5.75 Å². The van der Waals surface area contributed by atoms with Gasteiger partial charge in [0.25, 0.3) is 5.91 Å². The normalized spacial score (nSPS) is 13.2. The average Bonchev–Trinajstić information content (AvgIpc) is 3.77. The summed E-state index contributed by atoms with van der Waals surface area (Å²) >= 11 is 6.22. The Balaban J connectivity index is 1.21. The molecule has 3 heterocycles. The molecule has 0 saturated carbocycles. The third-order valence-electron chi connectivity index (χ3n) is 8.02. The maximum Gasteiger partial charge on any atom is 0.255 e. The fourth-order valence-electron chi connectivity index (χ4n) is 5.85. The number of nitrogens with one attached hydrogen (secondary N) is 1. The van der Waals surface area contributed by atoms with Gasteiger partial charge in [-0.25, -0.2) is 9.07 Å². The fraction of sp³-hybridized carbons (Fsp3) is 0.176. The van der Waals surface area contributed by atoms with E-state index in [2.05, 4.69) is 39.9 Å². The number of aromatic nitrogens is 5. The van der Waals surface area contributed by atoms with Gasteiger partial charge in [0.2, 0.25) is 0 Å². The van der Waals surface area contributed by atoms with Crippen molar-refractivity contribution in [2.75, 3.05) is 7.11 Å². The van der Waals surface area contributed by atoms with E-state index in [9.17, 15) is 9.18 Å². The Kier molecular flexibility index (Phi) is 7.31. The zero-order valence-electron chi connectivity index (χ0n) is 23.9. The van der Waals surface area contributed by atoms with Crippen LogP contribution in [0.3, 0.4) is 0 Å². The molecule has 7 rings (SSSR count). The molecule has 1 N–H and O–H groups in total. The predicted octanol–water partition coefficient (Wildman–Crippen LogP) is 6.61. The van der Waals surface area contributed by atoms with E-state index in [1.807, 2.05) is 47.1 Å². The van der Waals surface area contributed by atoms with Crippen LogP contribution in [0.1, 0.15) is 45.3 Å². The van der Waals surface area contributed by atoms with E-state index in [0.717, 1.165) is 47.0 Å². The van der Waals surface area contributed by atoms with Crippen molar-refractivity contribution in [2.45, 2.75) is 32.0 Å². The summed E-state index contributed by atoms with van der Waals surface area (Å²) < 4.78 is 22.9. The summed E-state index contributed by atoms with van der Waals surface area (Å²) in [6.45, 7) is 0.977. The number of rotatable bonds is 8. The van der Waals surface area contributed by atoms with Crippen molar-refractivity contribution in [3.63, 3.8) is 0 Å². The van der Waals surface area contributed by atoms with Gasteiger partial charge in [-0.05, 0) is 71.1 Å². The quantitative estimate of drug-likeness (QED) is 0.211. The Morgan fingerprint density at radius 1 is 1.02 bits per heavy atom. The van der Waals surface area contributed by atoms with E-state index in [1.165, 1.54) is 13.2 Å². The van der Waals surface area contributed by atoms with E-state index < -0.39 is 11.9 Å². The van der Waals surface area contributed by atoms with Crippen LogP contribution >= 0.6 is 11.6 Å². The topological polar surface area (TPSA) is 86.9 Å². The van der Waals surface area contributed by atoms with Gasteiger partial charge in [0.1, 0.15) is 5.69 Å². The lowest BCUT2D eigenvalue weighted by molar-refractivity contribution is 0.0941. The van der Waals surface area contributed by atoms with Crippen LogP contribution in [0.2, 0.25) is 5.02 Å². The third kappa shape index (κ3) is 5.31. The van der Waals surface area contributed by atoms with Gasteiger partial charge in [-0.2, -0.15) is 5.10 Å². The van der Waals surface area contributed by atoms with E-state index in [4.69, 9.17) is 21.4 Å². The van der Waals surface area contributed by atoms with Crippen LogP contribution in [-0.4, -0.2) is 37.8 Å². The number of amides is 1. The van der Waals surface area contributed by atoms with E-state index in [0.29, 0.717) is 27.5 Å². The molecule has 0 radical (unpaired) electrons. The van der Waals surface area contributed by atoms with Crippen molar-refractivity contribution in [3.8, 4) is 17.0 Å². The molecule has 0 fully saturated rings. The van der Waals surface area contributed by atoms with Crippen LogP contribution in [0, 0.1) is 5.82 Å². The monoisotopic (exact) mass is 606 g/mol. The highest BCUT2D eigenvalue weighted by molar-refractivity contribution is 6.30. The van der Waals surface area contributed by atoms with Gasteiger partial charge < -0.3 is 10.1 Å². The summed E-state index contributed by atoms with van der Waals surface area (Å²) in [5.74, 6) is -0.538. The first-order valence-electron chi connectivity index (χ1n) is 14.3. The Hall–Kier alpha value is -5.02. The summed E-state index contributed by atoms with van der Waals surface area (Å²) in [6, 6.07) is 26.1. The number of methoxy groups -OCH3 is 1. The van der Waals surface area contributed by atoms with E-state index in [1.54, 1.807) is 23.0 Å². The Morgan fingerprint density at radius 2 is 1.82 bits per heavy atom. The number of hydrogen-bond acceptors (Lipinski definition) is 5. The molecule has 44 heavy (non-hydrogen) atoms. The highest BCUT2D eigenvalue weighted by atomic mass is 35.5. The molecule has 8 nitrogen and oxygen atoms in total. The summed E-state index contributed by atoms with van der Waals surface area (Å²) in [5, 5.41) is 19.4. The number of benzene rings is 4. The zero-order chi connectivity index (χ0) is 30.2. The van der Waals surface area contributed by atoms with Gasteiger partial charge in [0.15, 0.2) is 11.6 Å². The molecule has 0 saturated heterocycles. The van der Waals surface area contributed by atoms with Crippen molar-refractivity contribution < 1.29 is 13.9 Å². The SMILES string of the molecule is COc1ccc(-c2cn(Cc3nn4c(c3C(=O)NC(c3ccc(Cl)cc3)c3ccc5ccccc5c3)CCC4)nn2)cc1F. The van der Waals surface area contributed by atoms with E-state index in [-0.39, 0.29) is 18.2 Å². The van der Waals surface area contributed by atoms with Crippen LogP contribution in [0.25, 0.3) is 22.0 Å². The maximum atomic E-state index is 14.3. The van der Waals surface area contributed by atoms with Gasteiger partial charge in [0, 0.05) is 17.1 Å². The smallest absolute Gasteiger partial charge is 0.255 e. The average molecular weight is 607 g/mol. The van der Waals surface area contributed by atoms with Crippen molar-refractivity contribution in [1.82, 2.24) is 30.1 Å². The van der Waals surface area contributed by atoms with Crippen LogP contribution < -0.4 is 10.1 Å². The highest BCUT2D eigenvalue weighted by Gasteiger charge is 2.29. The molecular formula is C34H28ClFN6O2. The molecule has 0 aliphatic carbocycles. The van der Waals surface area contributed by atoms with Crippen molar-refractivity contribution in [1.29, 1.82) is 0 Å². The minimum atomic E-state index is -0.481. The number of ether oxygens (including phenoxy) is 1. The Morgan fingerprint density at radius 3 is 2.61 bits per heavy atom. The number of fused-ring (bicyclic) bond motifs is 2. The number of halogens is 2. The second-order valence-electron chi connectivity index (χ2n) is 10.8. The van der Waals surface area contributed by atoms with Gasteiger partial charge in [0.05, 0.1) is 42.8 Å². The number of nitrogens with zero attached hydrogens (tertiary/aromatic N) is 5. The lowest BCUT2D eigenvalue weighted by Crippen LogP contribution is -2.30. The Labute approximate surface area is 258 Å². The van der Waals surface area contributed by atoms with Gasteiger partial charge in [-0.3, -0.25) is 9.48 Å². The maximum absolute atomic E-state index is 14.3. The minimum Gasteiger partial charge on any atom is -0.494 e. The van der Waals surface area contributed by atoms with Gasteiger partial charge in [-0.15, -0.1) is 5.10 Å². The number of hydrogen-bond donors (Lipinski definition) is 1. The van der Waals surface area contributed by atoms with Gasteiger partial charge in [-0.1, -0.05) is 65.3 Å². The molecule has 0 bridgehead atoms. The van der Waals surface area contributed by atoms with Crippen LogP contribution in [0.15, 0.2) is 91.1 Å². The van der Waals surface area contributed by atoms with E-state index >= 15 is 0 Å². The second-order valence-corrected chi connectivity index (χ2v) is 11.2. The Bertz CT molecular complexity index is 2000. The molecule has 1 amide bonds. The molecule has 1 atom stereocenters. The largest absolute Gasteiger partial charge is 0.494 e. The molecule has 2 aromatic heterocycles. The highest BCUT2D eigenvalue weighted by Crippen LogP contribution is 2.30. The summed E-state index contributed by atoms with van der Waals surface area (Å²) in [4.78, 5) is 14.2. The summed E-state index contributed by atoms with van der Waals surface area (Å²) in [7, 11) is 1.42. The standard InChI is InChI=1S/C34H28ClFN6O2/c1-44-31-15-12-24(18-27(31)36)28-19-41(40-38-28)20-29-32(30-7-4-16-42(30)39-29)34(43)37-33(22-10-13-26(35)14-11-22)25-9-8-21-5-2-3-6-23(21)17-25/h2-3,5-6,8-15,17-19,33H,4,7,16,20H2,1H3,(H,37,43). The van der Waals surface area contributed by atoms with Crippen molar-refractivity contribution in [2.24, 2.45) is 0 Å². The van der Waals surface area contributed by atoms with Gasteiger partial charge >= 0.3 is 0 Å². The van der Waals surface area contributed by atoms with Crippen LogP contribution in [0.4, 0.5) is 4.39 Å². The second kappa shape index (κ2) is 11.6. The minimum absolute atomic E-state index is 0.157. The zero-order valence-corrected chi connectivity index (χ0v) is 24.6. The predicted molar refractivity (Wildman–Crippen MR) is 166 cm³/mol. The fourth-order valence-corrected chi connectivity index (χ4v) is 5.98. The first-order valence-corrected chi connectivity index (χ1v) is 14.7. The number of carbonyl (C=O) groups excluding carboxylic acids is 1. The lowest BCUT2D eigenvalue weighted by Gasteiger charge is -2.21. The molecule has 6 aromatic rings. The summed E-state index contributed by atoms with van der Waals surface area (Å²) in [6.07, 6.45) is 3.40. The summed E-state index contributed by atoms with van der Waals surface area (Å²) in [5.41, 5.74) is 5.00. The lowest BCUT2D eigenvalue weighted by atomic mass is 9.95. The third-order valence-corrected chi connectivity index (χ3v) is 8.28. The van der Waals surface area contributed by atoms with Crippen molar-refractivity contribution in [3.05, 3.63) is 130 Å². The number of aryl methyl sites for hydroxylation is 1. The molecule has 1 aliphatic heterocycles. The molecule has 4 aromatic carbocycles. The molecule has 220 valence electrons. The molecule has 1 unspecified atom stereocenters. The number of carbonyl (C=O) groups is 1. The molecule has 10 heteroatoms.